The van der Waals surface area contributed by atoms with Gasteiger partial charge in [0.05, 0.1) is 21.2 Å². The zero-order valence-corrected chi connectivity index (χ0v) is 7.95. The molecule has 0 radical (unpaired) electrons. The summed E-state index contributed by atoms with van der Waals surface area (Å²) in [5, 5.41) is 0.996. The average Bonchev–Trinajstić information content (AvgIpc) is 2.65. The summed E-state index contributed by atoms with van der Waals surface area (Å²) in [5.41, 5.74) is 9.20. The van der Waals surface area contributed by atoms with Gasteiger partial charge >= 0.3 is 0 Å². The van der Waals surface area contributed by atoms with Crippen LogP contribution in [0, 0.1) is 0 Å². The maximum atomic E-state index is 5.55. The van der Waals surface area contributed by atoms with Crippen molar-refractivity contribution in [1.29, 1.82) is 0 Å². The van der Waals surface area contributed by atoms with Crippen LogP contribution in [-0.2, 0) is 0 Å². The molecule has 0 saturated carbocycles. The molecule has 0 aliphatic rings. The Morgan fingerprint density at radius 2 is 2.14 bits per heavy atom. The second kappa shape index (κ2) is 2.62. The predicted octanol–water partition coefficient (Wildman–Crippen LogP) is 1.82. The van der Waals surface area contributed by atoms with E-state index in [1.54, 1.807) is 17.5 Å². The number of hydrogen-bond donors (Lipinski definition) is 1. The second-order valence-corrected chi connectivity index (χ2v) is 3.79. The summed E-state index contributed by atoms with van der Waals surface area (Å²) in [7, 11) is 0. The number of aromatic nitrogens is 3. The zero-order chi connectivity index (χ0) is 9.54. The lowest BCUT2D eigenvalue weighted by molar-refractivity contribution is 1.24. The van der Waals surface area contributed by atoms with Crippen LogP contribution in [0.3, 0.4) is 0 Å². The predicted molar refractivity (Wildman–Crippen MR) is 57.1 cm³/mol. The molecule has 0 aliphatic carbocycles. The molecule has 0 amide bonds. The van der Waals surface area contributed by atoms with Crippen molar-refractivity contribution >= 4 is 38.4 Å². The van der Waals surface area contributed by atoms with Crippen LogP contribution in [0.2, 0.25) is 0 Å². The van der Waals surface area contributed by atoms with Gasteiger partial charge in [-0.1, -0.05) is 0 Å². The third-order valence-electron chi connectivity index (χ3n) is 2.07. The maximum absolute atomic E-state index is 5.55. The molecular weight excluding hydrogens is 196 g/mol. The number of nitrogen functional groups attached to an aromatic ring is 1. The summed E-state index contributed by atoms with van der Waals surface area (Å²) in [6.07, 6.45) is 1.73. The fourth-order valence-electron chi connectivity index (χ4n) is 1.43. The standard InChI is InChI=1S/C9H6N4S/c10-9-11-3-5-1-2-6-8(7(5)13-9)14-4-12-6/h1-4H,(H2,10,11,13). The van der Waals surface area contributed by atoms with Gasteiger partial charge in [0.15, 0.2) is 0 Å². The number of anilines is 1. The molecule has 0 atom stereocenters. The van der Waals surface area contributed by atoms with E-state index in [1.807, 2.05) is 17.6 Å². The van der Waals surface area contributed by atoms with E-state index < -0.39 is 0 Å². The summed E-state index contributed by atoms with van der Waals surface area (Å²) in [4.78, 5) is 12.4. The van der Waals surface area contributed by atoms with Crippen molar-refractivity contribution < 1.29 is 0 Å². The number of nitrogens with zero attached hydrogens (tertiary/aromatic N) is 3. The molecule has 2 N–H and O–H groups in total. The molecule has 0 aliphatic heterocycles. The van der Waals surface area contributed by atoms with Crippen LogP contribution < -0.4 is 5.73 Å². The molecule has 0 unspecified atom stereocenters. The molecule has 1 aromatic carbocycles. The minimum absolute atomic E-state index is 0.304. The van der Waals surface area contributed by atoms with Crippen molar-refractivity contribution in [2.45, 2.75) is 0 Å². The van der Waals surface area contributed by atoms with Crippen LogP contribution in [0.5, 0.6) is 0 Å². The lowest BCUT2D eigenvalue weighted by Crippen LogP contribution is -1.93. The highest BCUT2D eigenvalue weighted by molar-refractivity contribution is 7.17. The van der Waals surface area contributed by atoms with E-state index in [4.69, 9.17) is 5.73 Å². The Bertz CT molecular complexity index is 616. The average molecular weight is 202 g/mol. The van der Waals surface area contributed by atoms with Crippen LogP contribution in [0.25, 0.3) is 21.1 Å². The smallest absolute Gasteiger partial charge is 0.220 e. The summed E-state index contributed by atoms with van der Waals surface area (Å²) in [5.74, 6) is 0.304. The zero-order valence-electron chi connectivity index (χ0n) is 7.14. The van der Waals surface area contributed by atoms with E-state index in [1.165, 1.54) is 0 Å². The Morgan fingerprint density at radius 1 is 1.21 bits per heavy atom. The van der Waals surface area contributed by atoms with Gasteiger partial charge in [-0.25, -0.2) is 15.0 Å². The number of rotatable bonds is 0. The van der Waals surface area contributed by atoms with Crippen molar-refractivity contribution in [1.82, 2.24) is 15.0 Å². The molecule has 68 valence electrons. The lowest BCUT2D eigenvalue weighted by atomic mass is 10.2. The first-order valence-electron chi connectivity index (χ1n) is 4.09. The van der Waals surface area contributed by atoms with Crippen molar-refractivity contribution in [3.05, 3.63) is 23.8 Å². The third kappa shape index (κ3) is 0.958. The Labute approximate surface area is 83.4 Å². The van der Waals surface area contributed by atoms with Gasteiger partial charge in [-0.3, -0.25) is 0 Å². The van der Waals surface area contributed by atoms with E-state index in [9.17, 15) is 0 Å². The summed E-state index contributed by atoms with van der Waals surface area (Å²) >= 11 is 1.57. The minimum Gasteiger partial charge on any atom is -0.368 e. The van der Waals surface area contributed by atoms with E-state index in [2.05, 4.69) is 15.0 Å². The van der Waals surface area contributed by atoms with Crippen molar-refractivity contribution in [3.63, 3.8) is 0 Å². The van der Waals surface area contributed by atoms with Gasteiger partial charge in [-0.2, -0.15) is 0 Å². The Balaban J connectivity index is 2.60. The van der Waals surface area contributed by atoms with Gasteiger partial charge in [0.2, 0.25) is 5.95 Å². The summed E-state index contributed by atoms with van der Waals surface area (Å²) in [6, 6.07) is 3.92. The molecule has 3 aromatic rings. The first kappa shape index (κ1) is 7.64. The number of fused-ring (bicyclic) bond motifs is 3. The topological polar surface area (TPSA) is 64.7 Å². The number of nitrogens with two attached hydrogens (primary N) is 1. The van der Waals surface area contributed by atoms with Crippen molar-refractivity contribution in [3.8, 4) is 0 Å². The molecule has 5 heteroatoms. The number of thiazole rings is 1. The Kier molecular flexibility index (Phi) is 1.43. The van der Waals surface area contributed by atoms with Crippen molar-refractivity contribution in [2.75, 3.05) is 5.73 Å². The first-order chi connectivity index (χ1) is 6.84. The lowest BCUT2D eigenvalue weighted by Gasteiger charge is -1.97. The largest absolute Gasteiger partial charge is 0.368 e. The van der Waals surface area contributed by atoms with E-state index >= 15 is 0 Å². The van der Waals surface area contributed by atoms with Crippen molar-refractivity contribution in [2.24, 2.45) is 0 Å². The Hall–Kier alpha value is -1.75. The second-order valence-electron chi connectivity index (χ2n) is 2.93. The SMILES string of the molecule is Nc1ncc2ccc3ncsc3c2n1. The van der Waals surface area contributed by atoms with Gasteiger partial charge in [-0.05, 0) is 12.1 Å². The summed E-state index contributed by atoms with van der Waals surface area (Å²) in [6.45, 7) is 0. The van der Waals surface area contributed by atoms with Gasteiger partial charge < -0.3 is 5.73 Å². The molecule has 2 aromatic heterocycles. The molecule has 14 heavy (non-hydrogen) atoms. The molecular formula is C9H6N4S. The molecule has 2 heterocycles. The molecule has 0 saturated heterocycles. The highest BCUT2D eigenvalue weighted by Crippen LogP contribution is 2.26. The molecule has 0 bridgehead atoms. The van der Waals surface area contributed by atoms with Crippen LogP contribution in [0.4, 0.5) is 5.95 Å². The van der Waals surface area contributed by atoms with Gasteiger partial charge in [0.1, 0.15) is 0 Å². The monoisotopic (exact) mass is 202 g/mol. The van der Waals surface area contributed by atoms with E-state index in [0.717, 1.165) is 21.1 Å². The van der Waals surface area contributed by atoms with Gasteiger partial charge in [0.25, 0.3) is 0 Å². The maximum Gasteiger partial charge on any atom is 0.220 e. The number of benzene rings is 1. The van der Waals surface area contributed by atoms with E-state index in [0.29, 0.717) is 5.95 Å². The van der Waals surface area contributed by atoms with Gasteiger partial charge in [-0.15, -0.1) is 11.3 Å². The highest BCUT2D eigenvalue weighted by Gasteiger charge is 2.04. The summed E-state index contributed by atoms with van der Waals surface area (Å²) < 4.78 is 1.07. The van der Waals surface area contributed by atoms with E-state index in [-0.39, 0.29) is 0 Å². The molecule has 0 spiro atoms. The molecule has 0 fully saturated rings. The minimum atomic E-state index is 0.304. The fraction of sp³-hybridized carbons (Fsp3) is 0. The molecule has 4 nitrogen and oxygen atoms in total. The third-order valence-corrected chi connectivity index (χ3v) is 2.92. The van der Waals surface area contributed by atoms with Crippen LogP contribution >= 0.6 is 11.3 Å². The molecule has 3 rings (SSSR count). The fourth-order valence-corrected chi connectivity index (χ4v) is 2.22. The Morgan fingerprint density at radius 3 is 3.07 bits per heavy atom. The highest BCUT2D eigenvalue weighted by atomic mass is 32.1. The first-order valence-corrected chi connectivity index (χ1v) is 4.97. The van der Waals surface area contributed by atoms with Crippen LogP contribution in [0.1, 0.15) is 0 Å². The quantitative estimate of drug-likeness (QED) is 0.604. The van der Waals surface area contributed by atoms with Crippen LogP contribution in [-0.4, -0.2) is 15.0 Å². The van der Waals surface area contributed by atoms with Gasteiger partial charge in [0, 0.05) is 11.6 Å². The normalized spacial score (nSPS) is 11.1. The van der Waals surface area contributed by atoms with Crippen LogP contribution in [0.15, 0.2) is 23.8 Å². The number of hydrogen-bond acceptors (Lipinski definition) is 5.